The van der Waals surface area contributed by atoms with Crippen LogP contribution in [0, 0.1) is 10.1 Å². The van der Waals surface area contributed by atoms with Gasteiger partial charge >= 0.3 is 5.97 Å². The summed E-state index contributed by atoms with van der Waals surface area (Å²) in [6, 6.07) is 10.3. The molecule has 2 rings (SSSR count). The average Bonchev–Trinajstić information content (AvgIpc) is 2.55. The summed E-state index contributed by atoms with van der Waals surface area (Å²) < 4.78 is 0. The lowest BCUT2D eigenvalue weighted by Crippen LogP contribution is -2.31. The van der Waals surface area contributed by atoms with Gasteiger partial charge in [0.1, 0.15) is 6.04 Å². The molecule has 0 heterocycles. The second-order valence-corrected chi connectivity index (χ2v) is 5.41. The van der Waals surface area contributed by atoms with Gasteiger partial charge in [-0.25, -0.2) is 4.79 Å². The predicted octanol–water partition coefficient (Wildman–Crippen LogP) is 3.39. The molecule has 0 aliphatic carbocycles. The molecule has 2 aromatic carbocycles. The topological polar surface area (TPSA) is 110 Å². The van der Waals surface area contributed by atoms with E-state index in [9.17, 15) is 24.8 Å². The summed E-state index contributed by atoms with van der Waals surface area (Å²) >= 11 is 5.75. The van der Waals surface area contributed by atoms with E-state index in [-0.39, 0.29) is 23.6 Å². The third-order valence-electron chi connectivity index (χ3n) is 3.25. The van der Waals surface area contributed by atoms with E-state index in [0.29, 0.717) is 10.6 Å². The minimum absolute atomic E-state index is 0.173. The van der Waals surface area contributed by atoms with Crippen molar-refractivity contribution >= 4 is 34.7 Å². The summed E-state index contributed by atoms with van der Waals surface area (Å²) in [4.78, 5) is 33.7. The van der Waals surface area contributed by atoms with Gasteiger partial charge in [0.05, 0.1) is 4.92 Å². The zero-order valence-electron chi connectivity index (χ0n) is 12.3. The molecule has 0 aliphatic heterocycles. The van der Waals surface area contributed by atoms with Crippen molar-refractivity contribution in [3.63, 3.8) is 0 Å². The van der Waals surface area contributed by atoms with Crippen LogP contribution in [-0.4, -0.2) is 27.8 Å². The van der Waals surface area contributed by atoms with Crippen LogP contribution in [0.3, 0.4) is 0 Å². The molecule has 0 unspecified atom stereocenters. The van der Waals surface area contributed by atoms with Gasteiger partial charge in [0.25, 0.3) is 5.69 Å². The molecule has 2 N–H and O–H groups in total. The summed E-state index contributed by atoms with van der Waals surface area (Å²) in [5, 5.41) is 23.1. The van der Waals surface area contributed by atoms with E-state index >= 15 is 0 Å². The maximum atomic E-state index is 12.2. The van der Waals surface area contributed by atoms with Gasteiger partial charge in [0.15, 0.2) is 5.78 Å². The number of Topliss-reactive ketones (excluding diaryl/α,β-unsaturated/α-hetero) is 1. The van der Waals surface area contributed by atoms with E-state index in [1.165, 1.54) is 36.4 Å². The zero-order chi connectivity index (χ0) is 17.7. The molecule has 0 aromatic heterocycles. The van der Waals surface area contributed by atoms with E-state index in [1.54, 1.807) is 12.1 Å². The molecular weight excluding hydrogens is 336 g/mol. The molecule has 2 aromatic rings. The summed E-state index contributed by atoms with van der Waals surface area (Å²) in [7, 11) is 0. The van der Waals surface area contributed by atoms with Gasteiger partial charge in [0.2, 0.25) is 0 Å². The van der Waals surface area contributed by atoms with Crippen molar-refractivity contribution in [2.45, 2.75) is 12.5 Å². The third kappa shape index (κ3) is 4.53. The van der Waals surface area contributed by atoms with E-state index in [0.717, 1.165) is 0 Å². The molecule has 0 amide bonds. The minimum Gasteiger partial charge on any atom is -0.480 e. The van der Waals surface area contributed by atoms with Crippen LogP contribution in [-0.2, 0) is 4.79 Å². The quantitative estimate of drug-likeness (QED) is 0.451. The van der Waals surface area contributed by atoms with Gasteiger partial charge in [-0.1, -0.05) is 17.7 Å². The number of non-ortho nitro benzene ring substituents is 1. The molecular formula is C16H13ClN2O5. The first-order valence-electron chi connectivity index (χ1n) is 6.89. The summed E-state index contributed by atoms with van der Waals surface area (Å²) in [5.41, 5.74) is 0.417. The number of nitrogens with zero attached hydrogens (tertiary/aromatic N) is 1. The molecule has 7 nitrogen and oxygen atoms in total. The zero-order valence-corrected chi connectivity index (χ0v) is 13.1. The smallest absolute Gasteiger partial charge is 0.326 e. The third-order valence-corrected chi connectivity index (χ3v) is 3.50. The number of ketones is 1. The minimum atomic E-state index is -1.23. The number of hydrogen-bond donors (Lipinski definition) is 2. The Labute approximate surface area is 142 Å². The van der Waals surface area contributed by atoms with Crippen LogP contribution >= 0.6 is 11.6 Å². The number of carboxylic acid groups (broad SMARTS) is 1. The number of halogens is 1. The Balaban J connectivity index is 2.13. The fourth-order valence-electron chi connectivity index (χ4n) is 2.05. The second kappa shape index (κ2) is 7.56. The van der Waals surface area contributed by atoms with Crippen LogP contribution in [0.5, 0.6) is 0 Å². The van der Waals surface area contributed by atoms with Crippen molar-refractivity contribution in [3.05, 3.63) is 69.2 Å². The average molecular weight is 349 g/mol. The van der Waals surface area contributed by atoms with E-state index in [1.807, 2.05) is 0 Å². The number of carbonyl (C=O) groups is 2. The Hall–Kier alpha value is -2.93. The number of hydrogen-bond acceptors (Lipinski definition) is 5. The Morgan fingerprint density at radius 1 is 1.21 bits per heavy atom. The Bertz CT molecular complexity index is 776. The molecule has 0 bridgehead atoms. The van der Waals surface area contributed by atoms with Crippen molar-refractivity contribution < 1.29 is 19.6 Å². The first kappa shape index (κ1) is 17.4. The summed E-state index contributed by atoms with van der Waals surface area (Å²) in [5.74, 6) is -1.61. The largest absolute Gasteiger partial charge is 0.480 e. The maximum absolute atomic E-state index is 12.2. The highest BCUT2D eigenvalue weighted by atomic mass is 35.5. The monoisotopic (exact) mass is 348 g/mol. The van der Waals surface area contributed by atoms with Crippen molar-refractivity contribution in [2.24, 2.45) is 0 Å². The molecule has 8 heteroatoms. The molecule has 0 spiro atoms. The van der Waals surface area contributed by atoms with Crippen LogP contribution in [0.25, 0.3) is 0 Å². The summed E-state index contributed by atoms with van der Waals surface area (Å²) in [6.45, 7) is 0. The lowest BCUT2D eigenvalue weighted by Gasteiger charge is -2.15. The molecule has 24 heavy (non-hydrogen) atoms. The van der Waals surface area contributed by atoms with Gasteiger partial charge < -0.3 is 10.4 Å². The molecule has 0 saturated carbocycles. The van der Waals surface area contributed by atoms with Crippen LogP contribution in [0.1, 0.15) is 16.8 Å². The van der Waals surface area contributed by atoms with Crippen LogP contribution < -0.4 is 5.32 Å². The number of benzene rings is 2. The number of nitrogens with one attached hydrogen (secondary N) is 1. The van der Waals surface area contributed by atoms with Crippen LogP contribution in [0.15, 0.2) is 48.5 Å². The number of rotatable bonds is 7. The fraction of sp³-hybridized carbons (Fsp3) is 0.125. The van der Waals surface area contributed by atoms with Crippen molar-refractivity contribution in [2.75, 3.05) is 5.32 Å². The summed E-state index contributed by atoms with van der Waals surface area (Å²) in [6.07, 6.45) is -0.306. The fourth-order valence-corrected chi connectivity index (χ4v) is 2.18. The molecule has 124 valence electrons. The van der Waals surface area contributed by atoms with Gasteiger partial charge in [-0.3, -0.25) is 14.9 Å². The second-order valence-electron chi connectivity index (χ2n) is 4.98. The molecule has 0 saturated heterocycles. The Morgan fingerprint density at radius 3 is 2.46 bits per heavy atom. The number of carboxylic acids is 1. The highest BCUT2D eigenvalue weighted by Crippen LogP contribution is 2.19. The maximum Gasteiger partial charge on any atom is 0.326 e. The van der Waals surface area contributed by atoms with E-state index < -0.39 is 16.9 Å². The van der Waals surface area contributed by atoms with Gasteiger partial charge in [-0.05, 0) is 30.3 Å². The van der Waals surface area contributed by atoms with Crippen molar-refractivity contribution in [1.29, 1.82) is 0 Å². The highest BCUT2D eigenvalue weighted by Gasteiger charge is 2.22. The lowest BCUT2D eigenvalue weighted by molar-refractivity contribution is -0.384. The Morgan fingerprint density at radius 2 is 1.88 bits per heavy atom. The Kier molecular flexibility index (Phi) is 5.49. The number of anilines is 1. The highest BCUT2D eigenvalue weighted by molar-refractivity contribution is 6.30. The van der Waals surface area contributed by atoms with Crippen LogP contribution in [0.2, 0.25) is 5.02 Å². The predicted molar refractivity (Wildman–Crippen MR) is 88.5 cm³/mol. The molecule has 1 atom stereocenters. The van der Waals surface area contributed by atoms with Gasteiger partial charge in [0, 0.05) is 34.8 Å². The normalized spacial score (nSPS) is 11.5. The van der Waals surface area contributed by atoms with Crippen molar-refractivity contribution in [1.82, 2.24) is 0 Å². The number of aliphatic carboxylic acids is 1. The van der Waals surface area contributed by atoms with Gasteiger partial charge in [-0.2, -0.15) is 0 Å². The first-order chi connectivity index (χ1) is 11.4. The SMILES string of the molecule is O=C(C[C@@H](Nc1cccc([N+](=O)[O-])c1)C(=O)O)c1ccc(Cl)cc1. The van der Waals surface area contributed by atoms with Gasteiger partial charge in [-0.15, -0.1) is 0 Å². The van der Waals surface area contributed by atoms with Crippen LogP contribution in [0.4, 0.5) is 11.4 Å². The molecule has 0 aliphatic rings. The standard InChI is InChI=1S/C16H13ClN2O5/c17-11-6-4-10(5-7-11)15(20)9-14(16(21)22)18-12-2-1-3-13(8-12)19(23)24/h1-8,14,18H,9H2,(H,21,22)/t14-/m1/s1. The molecule has 0 fully saturated rings. The lowest BCUT2D eigenvalue weighted by atomic mass is 10.0. The van der Waals surface area contributed by atoms with E-state index in [4.69, 9.17) is 11.6 Å². The van der Waals surface area contributed by atoms with Crippen molar-refractivity contribution in [3.8, 4) is 0 Å². The number of nitro benzene ring substituents is 1. The molecule has 0 radical (unpaired) electrons. The first-order valence-corrected chi connectivity index (χ1v) is 7.27. The number of nitro groups is 1. The van der Waals surface area contributed by atoms with E-state index in [2.05, 4.69) is 5.32 Å². The number of carbonyl (C=O) groups excluding carboxylic acids is 1.